The van der Waals surface area contributed by atoms with Crippen molar-refractivity contribution in [2.75, 3.05) is 26.8 Å². The molecule has 0 saturated carbocycles. The molecule has 8 rings (SSSR count). The Morgan fingerprint density at radius 2 is 0.967 bits per heavy atom. The predicted octanol–water partition coefficient (Wildman–Crippen LogP) is 9.45. The van der Waals surface area contributed by atoms with Crippen molar-refractivity contribution in [2.45, 2.75) is 57.3 Å². The number of pyridine rings is 2. The Balaban J connectivity index is 0.000000181. The van der Waals surface area contributed by atoms with Crippen molar-refractivity contribution in [1.29, 1.82) is 0 Å². The number of nitrogens with zero attached hydrogens (tertiary/aromatic N) is 4. The van der Waals surface area contributed by atoms with E-state index in [1.54, 1.807) is 42.5 Å². The fourth-order valence-electron chi connectivity index (χ4n) is 6.40. The van der Waals surface area contributed by atoms with Crippen molar-refractivity contribution in [3.05, 3.63) is 133 Å². The normalized spacial score (nSPS) is 11.8. The number of carbonyl (C=O) groups excluding carboxylic acids is 1. The van der Waals surface area contributed by atoms with Gasteiger partial charge in [0.25, 0.3) is 10.0 Å². The van der Waals surface area contributed by atoms with Gasteiger partial charge in [-0.15, -0.1) is 0 Å². The Morgan fingerprint density at radius 3 is 1.40 bits per heavy atom. The van der Waals surface area contributed by atoms with Crippen LogP contribution in [0.15, 0.2) is 126 Å². The van der Waals surface area contributed by atoms with Crippen LogP contribution in [0.25, 0.3) is 44.3 Å². The molecule has 9 N–H and O–H groups in total. The van der Waals surface area contributed by atoms with Crippen LogP contribution < -0.4 is 26.8 Å². The Morgan fingerprint density at radius 1 is 0.567 bits per heavy atom. The maximum atomic E-state index is 12.5. The van der Waals surface area contributed by atoms with Gasteiger partial charge in [0.15, 0.2) is 11.3 Å². The summed E-state index contributed by atoms with van der Waals surface area (Å²) in [5.41, 5.74) is 20.5. The van der Waals surface area contributed by atoms with Crippen LogP contribution in [0, 0.1) is 0 Å². The third-order valence-corrected chi connectivity index (χ3v) is 11.0. The molecule has 8 aromatic rings. The standard InChI is InChI=1S/C23H24N6O.C22H23N5O2S/c1-23(2,3)18-13-17(19-20(24)28-29-21(19)27-18)14-9-11-16(12-10-14)26-22(30)25-15-7-5-4-6-8-15;1-22(2,3)18-13-17(19-20(23)25-26-21(19)24-18)14-9-11-15(12-10-14)27-30(28,29)16-7-5-4-6-8-16/h4-13H,1-3H3,(H2,25,26,30)(H3,24,27,28,29);4-13,27H,1-3H3,(H3,23,24,25,26). The van der Waals surface area contributed by atoms with E-state index in [0.717, 1.165) is 50.1 Å². The van der Waals surface area contributed by atoms with Crippen LogP contribution in [-0.2, 0) is 20.9 Å². The number of anilines is 5. The number of rotatable bonds is 7. The highest BCUT2D eigenvalue weighted by Crippen LogP contribution is 2.36. The smallest absolute Gasteiger partial charge is 0.323 e. The highest BCUT2D eigenvalue weighted by molar-refractivity contribution is 7.92. The summed E-state index contributed by atoms with van der Waals surface area (Å²) < 4.78 is 27.7. The largest absolute Gasteiger partial charge is 0.383 e. The zero-order valence-electron chi connectivity index (χ0n) is 34.1. The Bertz CT molecular complexity index is 2900. The van der Waals surface area contributed by atoms with Gasteiger partial charge in [0.05, 0.1) is 15.7 Å². The molecule has 14 nitrogen and oxygen atoms in total. The second kappa shape index (κ2) is 16.2. The molecule has 4 heterocycles. The number of sulfonamides is 1. The van der Waals surface area contributed by atoms with Crippen molar-refractivity contribution in [3.8, 4) is 22.3 Å². The molecule has 0 fully saturated rings. The van der Waals surface area contributed by atoms with Crippen LogP contribution in [0.3, 0.4) is 0 Å². The van der Waals surface area contributed by atoms with Crippen molar-refractivity contribution in [1.82, 2.24) is 30.4 Å². The molecule has 0 spiro atoms. The summed E-state index contributed by atoms with van der Waals surface area (Å²) in [6, 6.07) is 36.1. The number of hydrogen-bond donors (Lipinski definition) is 7. The molecule has 0 aliphatic heterocycles. The lowest BCUT2D eigenvalue weighted by Gasteiger charge is -2.19. The monoisotopic (exact) mass is 821 g/mol. The number of aromatic amines is 2. The van der Waals surface area contributed by atoms with E-state index < -0.39 is 10.0 Å². The third-order valence-electron chi connectivity index (χ3n) is 9.63. The van der Waals surface area contributed by atoms with Gasteiger partial charge >= 0.3 is 6.03 Å². The summed E-state index contributed by atoms with van der Waals surface area (Å²) in [5.74, 6) is 0.930. The van der Waals surface area contributed by atoms with Crippen molar-refractivity contribution in [2.24, 2.45) is 0 Å². The molecule has 4 aromatic carbocycles. The molecule has 0 aliphatic rings. The summed E-state index contributed by atoms with van der Waals surface area (Å²) in [5, 5.41) is 21.3. The van der Waals surface area contributed by atoms with Crippen LogP contribution in [0.1, 0.15) is 52.9 Å². The number of nitrogens with one attached hydrogen (secondary N) is 5. The van der Waals surface area contributed by atoms with Gasteiger partial charge in [-0.05, 0) is 82.9 Å². The molecule has 306 valence electrons. The second-order valence-corrected chi connectivity index (χ2v) is 18.0. The Hall–Kier alpha value is -7.26. The summed E-state index contributed by atoms with van der Waals surface area (Å²) in [4.78, 5) is 21.7. The first kappa shape index (κ1) is 40.9. The molecule has 0 bridgehead atoms. The molecular weight excluding hydrogens is 775 g/mol. The topological polar surface area (TPSA) is 222 Å². The van der Waals surface area contributed by atoms with Gasteiger partial charge in [0, 0.05) is 39.3 Å². The quantitative estimate of drug-likeness (QED) is 0.0812. The first-order valence-corrected chi connectivity index (χ1v) is 20.7. The molecule has 0 saturated heterocycles. The zero-order valence-corrected chi connectivity index (χ0v) is 34.9. The molecule has 0 aliphatic carbocycles. The van der Waals surface area contributed by atoms with Crippen LogP contribution in [0.5, 0.6) is 0 Å². The molecular formula is C45H47N11O3S. The minimum atomic E-state index is -3.64. The second-order valence-electron chi connectivity index (χ2n) is 16.3. The number of carbonyl (C=O) groups is 1. The van der Waals surface area contributed by atoms with E-state index in [0.29, 0.717) is 34.3 Å². The first-order chi connectivity index (χ1) is 28.5. The average Bonchev–Trinajstić information content (AvgIpc) is 3.79. The van der Waals surface area contributed by atoms with Gasteiger partial charge in [-0.25, -0.2) is 23.2 Å². The predicted molar refractivity (Wildman–Crippen MR) is 241 cm³/mol. The maximum Gasteiger partial charge on any atom is 0.323 e. The lowest BCUT2D eigenvalue weighted by atomic mass is 9.89. The molecule has 4 aromatic heterocycles. The van der Waals surface area contributed by atoms with E-state index in [1.807, 2.05) is 72.8 Å². The van der Waals surface area contributed by atoms with E-state index in [9.17, 15) is 13.2 Å². The number of aromatic nitrogens is 6. The highest BCUT2D eigenvalue weighted by Gasteiger charge is 2.23. The number of amides is 2. The number of benzene rings is 4. The molecule has 15 heteroatoms. The van der Waals surface area contributed by atoms with E-state index in [1.165, 1.54) is 0 Å². The number of nitrogen functional groups attached to an aromatic ring is 2. The van der Waals surface area contributed by atoms with Gasteiger partial charge in [-0.3, -0.25) is 14.9 Å². The van der Waals surface area contributed by atoms with E-state index >= 15 is 0 Å². The van der Waals surface area contributed by atoms with Crippen molar-refractivity contribution in [3.63, 3.8) is 0 Å². The van der Waals surface area contributed by atoms with E-state index in [-0.39, 0.29) is 21.8 Å². The van der Waals surface area contributed by atoms with Crippen molar-refractivity contribution < 1.29 is 13.2 Å². The molecule has 0 atom stereocenters. The number of nitrogens with two attached hydrogens (primary N) is 2. The molecule has 2 amide bonds. The first-order valence-electron chi connectivity index (χ1n) is 19.2. The van der Waals surface area contributed by atoms with E-state index in [2.05, 4.69) is 93.3 Å². The highest BCUT2D eigenvalue weighted by atomic mass is 32.2. The summed E-state index contributed by atoms with van der Waals surface area (Å²) in [7, 11) is -3.64. The van der Waals surface area contributed by atoms with Gasteiger partial charge in [-0.1, -0.05) is 102 Å². The number of fused-ring (bicyclic) bond motifs is 2. The number of hydrogen-bond acceptors (Lipinski definition) is 9. The fourth-order valence-corrected chi connectivity index (χ4v) is 7.48. The summed E-state index contributed by atoms with van der Waals surface area (Å²) >= 11 is 0. The number of para-hydroxylation sites is 1. The van der Waals surface area contributed by atoms with Gasteiger partial charge < -0.3 is 22.1 Å². The van der Waals surface area contributed by atoms with Gasteiger partial charge in [-0.2, -0.15) is 10.2 Å². The van der Waals surface area contributed by atoms with E-state index in [4.69, 9.17) is 11.5 Å². The average molecular weight is 822 g/mol. The zero-order chi connectivity index (χ0) is 42.8. The summed E-state index contributed by atoms with van der Waals surface area (Å²) in [6.45, 7) is 12.6. The lowest BCUT2D eigenvalue weighted by Crippen LogP contribution is -2.19. The molecule has 60 heavy (non-hydrogen) atoms. The number of urea groups is 1. The maximum absolute atomic E-state index is 12.5. The van der Waals surface area contributed by atoms with Crippen LogP contribution in [0.4, 0.5) is 33.5 Å². The summed E-state index contributed by atoms with van der Waals surface area (Å²) in [6.07, 6.45) is 0. The van der Waals surface area contributed by atoms with Gasteiger partial charge in [0.2, 0.25) is 0 Å². The minimum Gasteiger partial charge on any atom is -0.383 e. The van der Waals surface area contributed by atoms with Crippen molar-refractivity contribution >= 4 is 66.8 Å². The fraction of sp³-hybridized carbons (Fsp3) is 0.178. The SMILES string of the molecule is CC(C)(C)c1cc(-c2ccc(NC(=O)Nc3ccccc3)cc2)c2c(N)[nH]nc2n1.CC(C)(C)c1cc(-c2ccc(NS(=O)(=O)c3ccccc3)cc2)c2c(N)[nH]nc2n1. The third kappa shape index (κ3) is 9.06. The molecule has 0 radical (unpaired) electrons. The lowest BCUT2D eigenvalue weighted by molar-refractivity contribution is 0.262. The van der Waals surface area contributed by atoms with Crippen LogP contribution in [0.2, 0.25) is 0 Å². The van der Waals surface area contributed by atoms with Gasteiger partial charge in [0.1, 0.15) is 11.6 Å². The number of H-pyrrole nitrogens is 2. The minimum absolute atomic E-state index is 0.131. The van der Waals surface area contributed by atoms with Crippen LogP contribution >= 0.6 is 0 Å². The Kier molecular flexibility index (Phi) is 11.0. The Labute approximate surface area is 348 Å². The van der Waals surface area contributed by atoms with Crippen LogP contribution in [-0.4, -0.2) is 44.8 Å². The molecule has 0 unspecified atom stereocenters.